The molecule has 0 aliphatic heterocycles. The van der Waals surface area contributed by atoms with E-state index in [9.17, 15) is 4.79 Å². The summed E-state index contributed by atoms with van der Waals surface area (Å²) in [6.45, 7) is 0.524. The Labute approximate surface area is 144 Å². The molecular formula is C19H17N5O. The maximum absolute atomic E-state index is 12.8. The Morgan fingerprint density at radius 1 is 1.00 bits per heavy atom. The predicted molar refractivity (Wildman–Crippen MR) is 94.6 cm³/mol. The summed E-state index contributed by atoms with van der Waals surface area (Å²) in [6, 6.07) is 17.4. The molecule has 4 aromatic rings. The van der Waals surface area contributed by atoms with Gasteiger partial charge in [0.1, 0.15) is 5.69 Å². The molecule has 0 atom stereocenters. The highest BCUT2D eigenvalue weighted by atomic mass is 16.2. The van der Waals surface area contributed by atoms with Gasteiger partial charge in [-0.2, -0.15) is 10.2 Å². The van der Waals surface area contributed by atoms with Crippen LogP contribution in [0.5, 0.6) is 0 Å². The second kappa shape index (κ2) is 6.24. The van der Waals surface area contributed by atoms with Crippen LogP contribution < -0.4 is 0 Å². The van der Waals surface area contributed by atoms with Crippen LogP contribution in [0, 0.1) is 0 Å². The summed E-state index contributed by atoms with van der Waals surface area (Å²) in [6.07, 6.45) is 5.34. The highest BCUT2D eigenvalue weighted by molar-refractivity contribution is 5.93. The third-order valence-electron chi connectivity index (χ3n) is 4.11. The third kappa shape index (κ3) is 2.89. The van der Waals surface area contributed by atoms with Gasteiger partial charge in [0, 0.05) is 26.0 Å². The Balaban J connectivity index is 1.52. The third-order valence-corrected chi connectivity index (χ3v) is 4.11. The van der Waals surface area contributed by atoms with Crippen molar-refractivity contribution in [2.45, 2.75) is 6.54 Å². The van der Waals surface area contributed by atoms with Crippen molar-refractivity contribution >= 4 is 11.4 Å². The fraction of sp³-hybridized carbons (Fsp3) is 0.105. The highest BCUT2D eigenvalue weighted by Gasteiger charge is 2.15. The molecule has 1 aromatic carbocycles. The van der Waals surface area contributed by atoms with Crippen LogP contribution in [0.15, 0.2) is 73.2 Å². The fourth-order valence-electron chi connectivity index (χ4n) is 2.83. The monoisotopic (exact) mass is 331 g/mol. The number of rotatable bonds is 4. The molecule has 0 N–H and O–H groups in total. The summed E-state index contributed by atoms with van der Waals surface area (Å²) in [5.74, 6) is -0.0644. The SMILES string of the molecule is CN(Cc1ccc(-n2cccn2)cc1)C(=O)c1cccc2ccnn12. The summed E-state index contributed by atoms with van der Waals surface area (Å²) >= 11 is 0. The first-order chi connectivity index (χ1) is 12.2. The molecule has 1 amide bonds. The summed E-state index contributed by atoms with van der Waals surface area (Å²) in [5.41, 5.74) is 3.50. The largest absolute Gasteiger partial charge is 0.336 e. The lowest BCUT2D eigenvalue weighted by atomic mass is 10.2. The van der Waals surface area contributed by atoms with Gasteiger partial charge < -0.3 is 4.90 Å². The van der Waals surface area contributed by atoms with E-state index in [0.29, 0.717) is 12.2 Å². The second-order valence-electron chi connectivity index (χ2n) is 5.86. The van der Waals surface area contributed by atoms with Gasteiger partial charge in [-0.05, 0) is 42.0 Å². The molecule has 0 fully saturated rings. The number of aromatic nitrogens is 4. The minimum Gasteiger partial charge on any atom is -0.336 e. The maximum Gasteiger partial charge on any atom is 0.272 e. The first-order valence-electron chi connectivity index (χ1n) is 7.99. The predicted octanol–water partition coefficient (Wildman–Crippen LogP) is 2.79. The van der Waals surface area contributed by atoms with Crippen LogP contribution in [0.1, 0.15) is 16.1 Å². The van der Waals surface area contributed by atoms with Gasteiger partial charge in [0.05, 0.1) is 17.4 Å². The van der Waals surface area contributed by atoms with E-state index in [-0.39, 0.29) is 5.91 Å². The van der Waals surface area contributed by atoms with Gasteiger partial charge in [0.2, 0.25) is 0 Å². The van der Waals surface area contributed by atoms with Gasteiger partial charge >= 0.3 is 0 Å². The van der Waals surface area contributed by atoms with Crippen LogP contribution in [0.25, 0.3) is 11.2 Å². The van der Waals surface area contributed by atoms with Gasteiger partial charge in [0.15, 0.2) is 0 Å². The summed E-state index contributed by atoms with van der Waals surface area (Å²) < 4.78 is 3.47. The van der Waals surface area contributed by atoms with Crippen LogP contribution in [0.3, 0.4) is 0 Å². The van der Waals surface area contributed by atoms with Crippen molar-refractivity contribution in [3.05, 3.63) is 84.4 Å². The number of hydrogen-bond acceptors (Lipinski definition) is 3. The first-order valence-corrected chi connectivity index (χ1v) is 7.99. The highest BCUT2D eigenvalue weighted by Crippen LogP contribution is 2.13. The zero-order valence-electron chi connectivity index (χ0n) is 13.8. The molecule has 124 valence electrons. The molecule has 0 radical (unpaired) electrons. The minimum atomic E-state index is -0.0644. The van der Waals surface area contributed by atoms with E-state index in [0.717, 1.165) is 16.8 Å². The Morgan fingerprint density at radius 2 is 1.84 bits per heavy atom. The average molecular weight is 331 g/mol. The lowest BCUT2D eigenvalue weighted by Gasteiger charge is -2.18. The minimum absolute atomic E-state index is 0.0644. The maximum atomic E-state index is 12.8. The van der Waals surface area contributed by atoms with Crippen molar-refractivity contribution in [2.24, 2.45) is 0 Å². The van der Waals surface area contributed by atoms with Gasteiger partial charge in [-0.25, -0.2) is 9.20 Å². The smallest absolute Gasteiger partial charge is 0.272 e. The normalized spacial score (nSPS) is 10.9. The number of pyridine rings is 1. The van der Waals surface area contributed by atoms with E-state index < -0.39 is 0 Å². The lowest BCUT2D eigenvalue weighted by molar-refractivity contribution is 0.0776. The first kappa shape index (κ1) is 15.1. The Morgan fingerprint density at radius 3 is 2.60 bits per heavy atom. The van der Waals surface area contributed by atoms with E-state index in [1.165, 1.54) is 0 Å². The number of carbonyl (C=O) groups excluding carboxylic acids is 1. The number of amides is 1. The van der Waals surface area contributed by atoms with E-state index in [4.69, 9.17) is 0 Å². The molecule has 0 spiro atoms. The molecular weight excluding hydrogens is 314 g/mol. The van der Waals surface area contributed by atoms with Crippen molar-refractivity contribution in [2.75, 3.05) is 7.05 Å². The van der Waals surface area contributed by atoms with Crippen molar-refractivity contribution in [3.63, 3.8) is 0 Å². The summed E-state index contributed by atoms with van der Waals surface area (Å²) in [5, 5.41) is 8.44. The molecule has 0 saturated heterocycles. The number of carbonyl (C=O) groups is 1. The molecule has 4 rings (SSSR count). The van der Waals surface area contributed by atoms with Crippen LogP contribution >= 0.6 is 0 Å². The van der Waals surface area contributed by atoms with Gasteiger partial charge in [-0.1, -0.05) is 18.2 Å². The second-order valence-corrected chi connectivity index (χ2v) is 5.86. The van der Waals surface area contributed by atoms with Crippen LogP contribution in [0.4, 0.5) is 0 Å². The molecule has 6 heteroatoms. The standard InChI is InChI=1S/C19H17N5O/c1-22(19(25)18-5-2-4-17-10-12-21-24(17)18)14-15-6-8-16(9-7-15)23-13-3-11-20-23/h2-13H,14H2,1H3. The molecule has 0 bridgehead atoms. The van der Waals surface area contributed by atoms with Crippen LogP contribution in [0.2, 0.25) is 0 Å². The fourth-order valence-corrected chi connectivity index (χ4v) is 2.83. The summed E-state index contributed by atoms with van der Waals surface area (Å²) in [7, 11) is 1.80. The van der Waals surface area contributed by atoms with E-state index in [1.807, 2.05) is 54.7 Å². The molecule has 0 aliphatic rings. The lowest BCUT2D eigenvalue weighted by Crippen LogP contribution is -2.28. The van der Waals surface area contributed by atoms with Crippen molar-refractivity contribution in [1.29, 1.82) is 0 Å². The number of fused-ring (bicyclic) bond motifs is 1. The molecule has 3 heterocycles. The zero-order chi connectivity index (χ0) is 17.2. The van der Waals surface area contributed by atoms with Crippen molar-refractivity contribution in [3.8, 4) is 5.69 Å². The number of benzene rings is 1. The number of nitrogens with zero attached hydrogens (tertiary/aromatic N) is 5. The van der Waals surface area contributed by atoms with Gasteiger partial charge in [0.25, 0.3) is 5.91 Å². The Hall–Kier alpha value is -3.41. The Bertz CT molecular complexity index is 1000. The average Bonchev–Trinajstić information content (AvgIpc) is 3.33. The molecule has 25 heavy (non-hydrogen) atoms. The van der Waals surface area contributed by atoms with Gasteiger partial charge in [-0.3, -0.25) is 4.79 Å². The molecule has 6 nitrogen and oxygen atoms in total. The number of hydrogen-bond donors (Lipinski definition) is 0. The summed E-state index contributed by atoms with van der Waals surface area (Å²) in [4.78, 5) is 14.5. The molecule has 0 unspecified atom stereocenters. The quantitative estimate of drug-likeness (QED) is 0.578. The van der Waals surface area contributed by atoms with Crippen molar-refractivity contribution in [1.82, 2.24) is 24.3 Å². The molecule has 3 aromatic heterocycles. The van der Waals surface area contributed by atoms with Crippen LogP contribution in [-0.2, 0) is 6.54 Å². The van der Waals surface area contributed by atoms with E-state index in [1.54, 1.807) is 39.6 Å². The Kier molecular flexibility index (Phi) is 3.78. The molecule has 0 aliphatic carbocycles. The van der Waals surface area contributed by atoms with Crippen molar-refractivity contribution < 1.29 is 4.79 Å². The van der Waals surface area contributed by atoms with Gasteiger partial charge in [-0.15, -0.1) is 0 Å². The topological polar surface area (TPSA) is 55.4 Å². The molecule has 0 saturated carbocycles. The van der Waals surface area contributed by atoms with E-state index >= 15 is 0 Å². The van der Waals surface area contributed by atoms with E-state index in [2.05, 4.69) is 10.2 Å². The zero-order valence-corrected chi connectivity index (χ0v) is 13.8. The van der Waals surface area contributed by atoms with Crippen LogP contribution in [-0.4, -0.2) is 37.2 Å².